The summed E-state index contributed by atoms with van der Waals surface area (Å²) >= 11 is 0. The van der Waals surface area contributed by atoms with Gasteiger partial charge >= 0.3 is 0 Å². The van der Waals surface area contributed by atoms with E-state index in [-0.39, 0.29) is 0 Å². The van der Waals surface area contributed by atoms with Gasteiger partial charge in [0.1, 0.15) is 0 Å². The number of guanidine groups is 1. The summed E-state index contributed by atoms with van der Waals surface area (Å²) in [6.07, 6.45) is 5.12. The Balaban J connectivity index is 1.71. The molecule has 4 heteroatoms. The summed E-state index contributed by atoms with van der Waals surface area (Å²) in [6, 6.07) is 8.88. The van der Waals surface area contributed by atoms with Crippen LogP contribution in [-0.4, -0.2) is 36.5 Å². The minimum absolute atomic E-state index is 0.507. The zero-order valence-electron chi connectivity index (χ0n) is 13.3. The van der Waals surface area contributed by atoms with E-state index in [1.165, 1.54) is 31.4 Å². The van der Waals surface area contributed by atoms with Crippen LogP contribution in [0.4, 0.5) is 5.69 Å². The van der Waals surface area contributed by atoms with Gasteiger partial charge in [-0.05, 0) is 57.4 Å². The van der Waals surface area contributed by atoms with Gasteiger partial charge in [-0.3, -0.25) is 4.99 Å². The molecule has 21 heavy (non-hydrogen) atoms. The fourth-order valence-electron chi connectivity index (χ4n) is 2.87. The number of aryl methyl sites for hydroxylation is 1. The molecule has 2 rings (SSSR count). The summed E-state index contributed by atoms with van der Waals surface area (Å²) in [5.41, 5.74) is 8.14. The van der Waals surface area contributed by atoms with Crippen molar-refractivity contribution in [1.29, 1.82) is 0 Å². The lowest BCUT2D eigenvalue weighted by Crippen LogP contribution is -2.38. The van der Waals surface area contributed by atoms with E-state index in [4.69, 9.17) is 5.73 Å². The van der Waals surface area contributed by atoms with Crippen molar-refractivity contribution >= 4 is 11.6 Å². The molecular formula is C17H28N4. The molecule has 0 saturated carbocycles. The van der Waals surface area contributed by atoms with Crippen LogP contribution in [0.15, 0.2) is 29.3 Å². The molecule has 1 heterocycles. The molecule has 4 nitrogen and oxygen atoms in total. The second kappa shape index (κ2) is 8.03. The first-order chi connectivity index (χ1) is 10.1. The van der Waals surface area contributed by atoms with Crippen molar-refractivity contribution in [2.75, 3.05) is 25.0 Å². The normalized spacial score (nSPS) is 20.5. The SMILES string of the molecule is Cc1cccc(NC(N)=NCCCN2CCCCC2C)c1. The molecule has 116 valence electrons. The molecule has 1 unspecified atom stereocenters. The lowest BCUT2D eigenvalue weighted by molar-refractivity contribution is 0.160. The third kappa shape index (κ3) is 5.38. The van der Waals surface area contributed by atoms with E-state index in [9.17, 15) is 0 Å². The minimum Gasteiger partial charge on any atom is -0.370 e. The molecule has 1 aliphatic rings. The summed E-state index contributed by atoms with van der Waals surface area (Å²) in [5, 5.41) is 3.14. The summed E-state index contributed by atoms with van der Waals surface area (Å²) in [7, 11) is 0. The number of piperidine rings is 1. The van der Waals surface area contributed by atoms with Gasteiger partial charge in [-0.2, -0.15) is 0 Å². The molecule has 3 N–H and O–H groups in total. The molecule has 1 fully saturated rings. The third-order valence-electron chi connectivity index (χ3n) is 4.12. The van der Waals surface area contributed by atoms with E-state index in [1.807, 2.05) is 12.1 Å². The van der Waals surface area contributed by atoms with Crippen LogP contribution in [0.3, 0.4) is 0 Å². The predicted molar refractivity (Wildman–Crippen MR) is 90.8 cm³/mol. The Morgan fingerprint density at radius 1 is 1.43 bits per heavy atom. The monoisotopic (exact) mass is 288 g/mol. The van der Waals surface area contributed by atoms with Crippen molar-refractivity contribution in [3.8, 4) is 0 Å². The topological polar surface area (TPSA) is 53.6 Å². The molecule has 1 saturated heterocycles. The molecule has 0 spiro atoms. The number of hydrogen-bond donors (Lipinski definition) is 2. The fourth-order valence-corrected chi connectivity index (χ4v) is 2.87. The van der Waals surface area contributed by atoms with Crippen LogP contribution < -0.4 is 11.1 Å². The summed E-state index contributed by atoms with van der Waals surface area (Å²) in [6.45, 7) is 7.55. The number of nitrogens with one attached hydrogen (secondary N) is 1. The number of aliphatic imine (C=N–C) groups is 1. The predicted octanol–water partition coefficient (Wildman–Crippen LogP) is 2.99. The molecule has 0 bridgehead atoms. The maximum atomic E-state index is 5.93. The Kier molecular flexibility index (Phi) is 6.05. The molecule has 1 aliphatic heterocycles. The van der Waals surface area contributed by atoms with Gasteiger partial charge in [0.05, 0.1) is 0 Å². The average Bonchev–Trinajstić information content (AvgIpc) is 2.45. The maximum Gasteiger partial charge on any atom is 0.193 e. The summed E-state index contributed by atoms with van der Waals surface area (Å²) in [5.74, 6) is 0.507. The smallest absolute Gasteiger partial charge is 0.193 e. The first kappa shape index (κ1) is 15.8. The molecular weight excluding hydrogens is 260 g/mol. The van der Waals surface area contributed by atoms with Gasteiger partial charge in [0.2, 0.25) is 0 Å². The molecule has 1 aromatic rings. The highest BCUT2D eigenvalue weighted by Gasteiger charge is 2.16. The first-order valence-electron chi connectivity index (χ1n) is 8.03. The van der Waals surface area contributed by atoms with Crippen LogP contribution in [0.25, 0.3) is 0 Å². The van der Waals surface area contributed by atoms with Gasteiger partial charge in [-0.1, -0.05) is 18.6 Å². The highest BCUT2D eigenvalue weighted by molar-refractivity contribution is 5.92. The third-order valence-corrected chi connectivity index (χ3v) is 4.12. The van der Waals surface area contributed by atoms with Gasteiger partial charge in [-0.15, -0.1) is 0 Å². The number of benzene rings is 1. The molecule has 1 aromatic carbocycles. The molecule has 1 atom stereocenters. The Bertz CT molecular complexity index is 470. The number of nitrogens with two attached hydrogens (primary N) is 1. The fraction of sp³-hybridized carbons (Fsp3) is 0.588. The number of nitrogens with zero attached hydrogens (tertiary/aromatic N) is 2. The Hall–Kier alpha value is -1.55. The standard InChI is InChI=1S/C17H28N4/c1-14-7-5-9-16(13-14)20-17(18)19-10-6-12-21-11-4-3-8-15(21)2/h5,7,9,13,15H,3-4,6,8,10-12H2,1-2H3,(H3,18,19,20). The van der Waals surface area contributed by atoms with Crippen LogP contribution >= 0.6 is 0 Å². The Morgan fingerprint density at radius 2 is 2.29 bits per heavy atom. The zero-order valence-corrected chi connectivity index (χ0v) is 13.3. The van der Waals surface area contributed by atoms with Crippen LogP contribution in [0.1, 0.15) is 38.2 Å². The van der Waals surface area contributed by atoms with Gasteiger partial charge in [0.15, 0.2) is 5.96 Å². The Morgan fingerprint density at radius 3 is 3.05 bits per heavy atom. The van der Waals surface area contributed by atoms with Crippen LogP contribution in [0.2, 0.25) is 0 Å². The van der Waals surface area contributed by atoms with E-state index in [0.29, 0.717) is 5.96 Å². The minimum atomic E-state index is 0.507. The summed E-state index contributed by atoms with van der Waals surface area (Å²) in [4.78, 5) is 6.99. The van der Waals surface area contributed by atoms with Crippen LogP contribution in [0, 0.1) is 6.92 Å². The van der Waals surface area contributed by atoms with E-state index in [2.05, 4.69) is 41.2 Å². The quantitative estimate of drug-likeness (QED) is 0.497. The second-order valence-corrected chi connectivity index (χ2v) is 6.00. The highest BCUT2D eigenvalue weighted by atomic mass is 15.2. The van der Waals surface area contributed by atoms with E-state index >= 15 is 0 Å². The van der Waals surface area contributed by atoms with E-state index < -0.39 is 0 Å². The van der Waals surface area contributed by atoms with Crippen LogP contribution in [-0.2, 0) is 0 Å². The maximum absolute atomic E-state index is 5.93. The number of hydrogen-bond acceptors (Lipinski definition) is 2. The van der Waals surface area contributed by atoms with Gasteiger partial charge < -0.3 is 16.0 Å². The second-order valence-electron chi connectivity index (χ2n) is 6.00. The first-order valence-corrected chi connectivity index (χ1v) is 8.03. The van der Waals surface area contributed by atoms with Crippen molar-refractivity contribution in [3.05, 3.63) is 29.8 Å². The zero-order chi connectivity index (χ0) is 15.1. The van der Waals surface area contributed by atoms with Crippen molar-refractivity contribution in [3.63, 3.8) is 0 Å². The largest absolute Gasteiger partial charge is 0.370 e. The van der Waals surface area contributed by atoms with E-state index in [0.717, 1.165) is 31.2 Å². The lowest BCUT2D eigenvalue weighted by atomic mass is 10.0. The van der Waals surface area contributed by atoms with Crippen LogP contribution in [0.5, 0.6) is 0 Å². The molecule has 0 aliphatic carbocycles. The van der Waals surface area contributed by atoms with Gasteiger partial charge in [0, 0.05) is 24.8 Å². The van der Waals surface area contributed by atoms with E-state index in [1.54, 1.807) is 0 Å². The van der Waals surface area contributed by atoms with Gasteiger partial charge in [-0.25, -0.2) is 0 Å². The molecule has 0 radical (unpaired) electrons. The summed E-state index contributed by atoms with van der Waals surface area (Å²) < 4.78 is 0. The van der Waals surface area contributed by atoms with Crippen molar-refractivity contribution in [1.82, 2.24) is 4.90 Å². The number of likely N-dealkylation sites (tertiary alicyclic amines) is 1. The van der Waals surface area contributed by atoms with Crippen molar-refractivity contribution in [2.24, 2.45) is 10.7 Å². The lowest BCUT2D eigenvalue weighted by Gasteiger charge is -2.33. The van der Waals surface area contributed by atoms with Crippen molar-refractivity contribution < 1.29 is 0 Å². The number of rotatable bonds is 5. The number of anilines is 1. The Labute approximate surface area is 128 Å². The highest BCUT2D eigenvalue weighted by Crippen LogP contribution is 2.16. The molecule has 0 aromatic heterocycles. The molecule has 0 amide bonds. The average molecular weight is 288 g/mol. The van der Waals surface area contributed by atoms with Crippen molar-refractivity contribution in [2.45, 2.75) is 45.6 Å². The van der Waals surface area contributed by atoms with Gasteiger partial charge in [0.25, 0.3) is 0 Å².